The van der Waals surface area contributed by atoms with Crippen molar-refractivity contribution < 1.29 is 9.90 Å². The maximum Gasteiger partial charge on any atom is 0.335 e. The number of hydrogen-bond donors (Lipinski definition) is 1. The largest absolute Gasteiger partial charge is 0.478 e. The molecule has 4 aromatic rings. The molecule has 0 aliphatic rings. The highest BCUT2D eigenvalue weighted by Gasteiger charge is 2.18. The number of carbonyl (C=O) groups is 1. The standard InChI is InChI=1S/C18H13N5O2/c24-18(25)13-4-6-14(7-5-13)23(16-8-9-19-12-21-16)17-11-20-15-3-1-2-10-22(15)17/h1-12H,(H,24,25). The molecule has 0 saturated heterocycles. The number of nitrogens with zero attached hydrogens (tertiary/aromatic N) is 5. The van der Waals surface area contributed by atoms with Crippen molar-refractivity contribution in [2.45, 2.75) is 0 Å². The normalized spacial score (nSPS) is 10.7. The third-order valence-corrected chi connectivity index (χ3v) is 3.79. The van der Waals surface area contributed by atoms with Gasteiger partial charge >= 0.3 is 5.97 Å². The molecule has 0 fully saturated rings. The van der Waals surface area contributed by atoms with E-state index in [0.29, 0.717) is 5.82 Å². The number of aromatic carboxylic acids is 1. The Hall–Kier alpha value is -3.74. The molecule has 0 bridgehead atoms. The van der Waals surface area contributed by atoms with Crippen LogP contribution >= 0.6 is 0 Å². The van der Waals surface area contributed by atoms with Crippen molar-refractivity contribution in [3.63, 3.8) is 0 Å². The second-order valence-electron chi connectivity index (χ2n) is 5.30. The van der Waals surface area contributed by atoms with Gasteiger partial charge in [0.05, 0.1) is 11.8 Å². The summed E-state index contributed by atoms with van der Waals surface area (Å²) in [6, 6.07) is 14.2. The summed E-state index contributed by atoms with van der Waals surface area (Å²) in [4.78, 5) is 25.7. The molecule has 3 aromatic heterocycles. The molecule has 1 aromatic carbocycles. The molecule has 25 heavy (non-hydrogen) atoms. The second-order valence-corrected chi connectivity index (χ2v) is 5.30. The van der Waals surface area contributed by atoms with E-state index >= 15 is 0 Å². The summed E-state index contributed by atoms with van der Waals surface area (Å²) in [5.74, 6) is 0.482. The van der Waals surface area contributed by atoms with E-state index in [1.807, 2.05) is 33.7 Å². The van der Waals surface area contributed by atoms with Gasteiger partial charge in [-0.05, 0) is 42.5 Å². The molecule has 1 N–H and O–H groups in total. The summed E-state index contributed by atoms with van der Waals surface area (Å²) in [6.07, 6.45) is 6.79. The molecule has 0 aliphatic carbocycles. The lowest BCUT2D eigenvalue weighted by atomic mass is 10.2. The third-order valence-electron chi connectivity index (χ3n) is 3.79. The minimum absolute atomic E-state index is 0.226. The van der Waals surface area contributed by atoms with Crippen molar-refractivity contribution >= 4 is 28.9 Å². The molecule has 0 saturated carbocycles. The second kappa shape index (κ2) is 6.04. The number of anilines is 3. The van der Waals surface area contributed by atoms with Gasteiger partial charge in [0.2, 0.25) is 0 Å². The average Bonchev–Trinajstić information content (AvgIpc) is 3.07. The molecule has 0 unspecified atom stereocenters. The first kappa shape index (κ1) is 14.8. The maximum absolute atomic E-state index is 11.1. The first-order valence-corrected chi connectivity index (χ1v) is 7.55. The number of carboxylic acids is 1. The minimum atomic E-state index is -0.963. The van der Waals surface area contributed by atoms with Crippen LogP contribution in [-0.2, 0) is 0 Å². The predicted molar refractivity (Wildman–Crippen MR) is 92.4 cm³/mol. The van der Waals surface area contributed by atoms with Crippen molar-refractivity contribution in [3.05, 3.63) is 79.0 Å². The quantitative estimate of drug-likeness (QED) is 0.618. The van der Waals surface area contributed by atoms with E-state index < -0.39 is 5.97 Å². The Balaban J connectivity index is 1.89. The van der Waals surface area contributed by atoms with Gasteiger partial charge < -0.3 is 5.11 Å². The Labute approximate surface area is 142 Å². The van der Waals surface area contributed by atoms with Gasteiger partial charge in [0.15, 0.2) is 0 Å². The van der Waals surface area contributed by atoms with Crippen molar-refractivity contribution in [1.82, 2.24) is 19.4 Å². The van der Waals surface area contributed by atoms with Crippen LogP contribution in [0.15, 0.2) is 73.4 Å². The van der Waals surface area contributed by atoms with Crippen LogP contribution < -0.4 is 4.90 Å². The first-order valence-electron chi connectivity index (χ1n) is 7.55. The zero-order chi connectivity index (χ0) is 17.2. The Bertz CT molecular complexity index is 1030. The number of aromatic nitrogens is 4. The monoisotopic (exact) mass is 331 g/mol. The van der Waals surface area contributed by atoms with E-state index in [2.05, 4.69) is 15.0 Å². The molecule has 0 spiro atoms. The van der Waals surface area contributed by atoms with Crippen LogP contribution in [0.25, 0.3) is 5.65 Å². The number of fused-ring (bicyclic) bond motifs is 1. The number of carboxylic acid groups (broad SMARTS) is 1. The number of rotatable bonds is 4. The number of pyridine rings is 1. The van der Waals surface area contributed by atoms with Gasteiger partial charge in [-0.15, -0.1) is 0 Å². The van der Waals surface area contributed by atoms with Gasteiger partial charge in [-0.2, -0.15) is 0 Å². The van der Waals surface area contributed by atoms with E-state index in [1.54, 1.807) is 42.7 Å². The Morgan fingerprint density at radius 2 is 1.88 bits per heavy atom. The molecule has 7 heteroatoms. The predicted octanol–water partition coefficient (Wildman–Crippen LogP) is 3.29. The van der Waals surface area contributed by atoms with Crippen LogP contribution in [0.2, 0.25) is 0 Å². The summed E-state index contributed by atoms with van der Waals surface area (Å²) in [7, 11) is 0. The smallest absolute Gasteiger partial charge is 0.335 e. The molecule has 7 nitrogen and oxygen atoms in total. The Morgan fingerprint density at radius 1 is 1.04 bits per heavy atom. The molecule has 4 rings (SSSR count). The zero-order valence-electron chi connectivity index (χ0n) is 13.0. The van der Waals surface area contributed by atoms with E-state index in [0.717, 1.165) is 17.2 Å². The van der Waals surface area contributed by atoms with Crippen LogP contribution in [0.3, 0.4) is 0 Å². The molecule has 0 radical (unpaired) electrons. The molecule has 0 atom stereocenters. The summed E-state index contributed by atoms with van der Waals surface area (Å²) >= 11 is 0. The van der Waals surface area contributed by atoms with Gasteiger partial charge in [0, 0.05) is 18.1 Å². The summed E-state index contributed by atoms with van der Waals surface area (Å²) < 4.78 is 1.94. The fourth-order valence-corrected chi connectivity index (χ4v) is 2.64. The van der Waals surface area contributed by atoms with Crippen LogP contribution in [0.1, 0.15) is 10.4 Å². The number of benzene rings is 1. The summed E-state index contributed by atoms with van der Waals surface area (Å²) in [5, 5.41) is 9.11. The highest BCUT2D eigenvalue weighted by molar-refractivity contribution is 5.88. The van der Waals surface area contributed by atoms with Crippen LogP contribution in [0.4, 0.5) is 17.3 Å². The zero-order valence-corrected chi connectivity index (χ0v) is 13.0. The lowest BCUT2D eigenvalue weighted by Gasteiger charge is -2.23. The molecule has 0 amide bonds. The minimum Gasteiger partial charge on any atom is -0.478 e. The number of hydrogen-bond acceptors (Lipinski definition) is 5. The van der Waals surface area contributed by atoms with Gasteiger partial charge in [0.25, 0.3) is 0 Å². The topological polar surface area (TPSA) is 83.6 Å². The van der Waals surface area contributed by atoms with Gasteiger partial charge in [0.1, 0.15) is 23.6 Å². The van der Waals surface area contributed by atoms with Crippen molar-refractivity contribution in [2.75, 3.05) is 4.90 Å². The lowest BCUT2D eigenvalue weighted by molar-refractivity contribution is 0.0697. The third kappa shape index (κ3) is 2.67. The van der Waals surface area contributed by atoms with Gasteiger partial charge in [-0.1, -0.05) is 6.07 Å². The van der Waals surface area contributed by atoms with Crippen LogP contribution in [0.5, 0.6) is 0 Å². The van der Waals surface area contributed by atoms with E-state index in [1.165, 1.54) is 6.33 Å². The van der Waals surface area contributed by atoms with Crippen molar-refractivity contribution in [3.8, 4) is 0 Å². The number of imidazole rings is 1. The SMILES string of the molecule is O=C(O)c1ccc(N(c2ccncn2)c2cnc3ccccn23)cc1. The van der Waals surface area contributed by atoms with E-state index in [9.17, 15) is 4.79 Å². The van der Waals surface area contributed by atoms with E-state index in [4.69, 9.17) is 5.11 Å². The van der Waals surface area contributed by atoms with Crippen molar-refractivity contribution in [1.29, 1.82) is 0 Å². The summed E-state index contributed by atoms with van der Waals surface area (Å²) in [6.45, 7) is 0. The molecule has 0 aliphatic heterocycles. The molecule has 122 valence electrons. The van der Waals surface area contributed by atoms with E-state index in [-0.39, 0.29) is 5.56 Å². The highest BCUT2D eigenvalue weighted by Crippen LogP contribution is 2.33. The fourth-order valence-electron chi connectivity index (χ4n) is 2.64. The Kier molecular flexibility index (Phi) is 3.59. The Morgan fingerprint density at radius 3 is 2.60 bits per heavy atom. The van der Waals surface area contributed by atoms with Gasteiger partial charge in [-0.3, -0.25) is 9.30 Å². The fraction of sp³-hybridized carbons (Fsp3) is 0. The lowest BCUT2D eigenvalue weighted by Crippen LogP contribution is -2.13. The average molecular weight is 331 g/mol. The highest BCUT2D eigenvalue weighted by atomic mass is 16.4. The molecular weight excluding hydrogens is 318 g/mol. The first-order chi connectivity index (χ1) is 12.2. The van der Waals surface area contributed by atoms with Crippen LogP contribution in [-0.4, -0.2) is 30.4 Å². The molecular formula is C18H13N5O2. The summed E-state index contributed by atoms with van der Waals surface area (Å²) in [5.41, 5.74) is 1.80. The van der Waals surface area contributed by atoms with Gasteiger partial charge in [-0.25, -0.2) is 19.7 Å². The van der Waals surface area contributed by atoms with Crippen molar-refractivity contribution in [2.24, 2.45) is 0 Å². The van der Waals surface area contributed by atoms with Crippen LogP contribution in [0, 0.1) is 0 Å². The maximum atomic E-state index is 11.1. The molecule has 3 heterocycles.